The van der Waals surface area contributed by atoms with E-state index < -0.39 is 50.6 Å². The zero-order chi connectivity index (χ0) is 29.5. The molecule has 4 N–H and O–H groups in total. The van der Waals surface area contributed by atoms with E-state index in [-0.39, 0.29) is 42.6 Å². The summed E-state index contributed by atoms with van der Waals surface area (Å²) in [7, 11) is -2.43. The largest absolute Gasteiger partial charge is 0.374 e. The highest BCUT2D eigenvalue weighted by Gasteiger charge is 2.48. The fraction of sp³-hybridized carbons (Fsp3) is 0.407. The maximum atomic E-state index is 14.0. The molecule has 9 nitrogen and oxygen atoms in total. The normalized spacial score (nSPS) is 18.8. The van der Waals surface area contributed by atoms with Gasteiger partial charge in [0, 0.05) is 30.2 Å². The minimum Gasteiger partial charge on any atom is -0.374 e. The number of rotatable bonds is 10. The number of ether oxygens (including phenoxy) is 1. The van der Waals surface area contributed by atoms with Crippen molar-refractivity contribution < 1.29 is 31.5 Å². The second-order valence-electron chi connectivity index (χ2n) is 10.7. The topological polar surface area (TPSA) is 131 Å². The van der Waals surface area contributed by atoms with Gasteiger partial charge in [-0.25, -0.2) is 21.9 Å². The lowest BCUT2D eigenvalue weighted by molar-refractivity contribution is -0.137. The van der Waals surface area contributed by atoms with Gasteiger partial charge in [-0.3, -0.25) is 9.59 Å². The summed E-state index contributed by atoms with van der Waals surface area (Å²) < 4.78 is 61.7. The first-order valence-corrected chi connectivity index (χ1v) is 14.4. The standard InChI is InChI=1S/C27H31ClF2N4O5S.ClH/c1-26(2)20(23(40(37,38)33-26)16-4-7-18(28)8-5-16)13-34(3)24(35)22(32-25(36)27(31)10-11-27)15-39-14-17-6-9-19(29)12-21(17)30;/h4-9,12,22,33H,10-11,13-15,31H2,1-3H3,(H,32,36);1H/t22-;/m1./s1. The van der Waals surface area contributed by atoms with Crippen molar-refractivity contribution in [3.63, 3.8) is 0 Å². The van der Waals surface area contributed by atoms with Gasteiger partial charge >= 0.3 is 0 Å². The van der Waals surface area contributed by atoms with Crippen LogP contribution in [-0.4, -0.2) is 62.5 Å². The predicted molar refractivity (Wildman–Crippen MR) is 153 cm³/mol. The number of hydrogen-bond acceptors (Lipinski definition) is 6. The number of likely N-dealkylation sites (N-methyl/N-ethyl adjacent to an activating group) is 1. The molecule has 41 heavy (non-hydrogen) atoms. The molecule has 2 aromatic rings. The number of amides is 2. The van der Waals surface area contributed by atoms with Gasteiger partial charge in [0.15, 0.2) is 0 Å². The van der Waals surface area contributed by atoms with Crippen LogP contribution in [0.3, 0.4) is 0 Å². The molecule has 1 atom stereocenters. The molecule has 0 saturated heterocycles. The Morgan fingerprint density at radius 2 is 1.80 bits per heavy atom. The van der Waals surface area contributed by atoms with Crippen molar-refractivity contribution in [2.75, 3.05) is 20.2 Å². The minimum absolute atomic E-state index is 0. The number of benzene rings is 2. The number of sulfonamides is 1. The van der Waals surface area contributed by atoms with E-state index in [1.807, 2.05) is 0 Å². The van der Waals surface area contributed by atoms with Crippen LogP contribution in [0, 0.1) is 11.6 Å². The summed E-state index contributed by atoms with van der Waals surface area (Å²) in [5, 5.41) is 3.06. The molecule has 1 aliphatic carbocycles. The summed E-state index contributed by atoms with van der Waals surface area (Å²) in [6.45, 7) is 2.68. The highest BCUT2D eigenvalue weighted by molar-refractivity contribution is 7.99. The van der Waals surface area contributed by atoms with E-state index >= 15 is 0 Å². The summed E-state index contributed by atoms with van der Waals surface area (Å²) in [5.41, 5.74) is 4.83. The van der Waals surface area contributed by atoms with Gasteiger partial charge in [-0.15, -0.1) is 12.4 Å². The van der Waals surface area contributed by atoms with Gasteiger partial charge in [-0.1, -0.05) is 29.8 Å². The van der Waals surface area contributed by atoms with Crippen molar-refractivity contribution in [2.45, 2.75) is 50.4 Å². The van der Waals surface area contributed by atoms with E-state index in [2.05, 4.69) is 10.0 Å². The second kappa shape index (κ2) is 12.3. The van der Waals surface area contributed by atoms with Crippen molar-refractivity contribution in [2.24, 2.45) is 5.73 Å². The molecule has 224 valence electrons. The van der Waals surface area contributed by atoms with Gasteiger partial charge in [0.2, 0.25) is 21.8 Å². The zero-order valence-corrected chi connectivity index (χ0v) is 25.1. The quantitative estimate of drug-likeness (QED) is 0.369. The third-order valence-electron chi connectivity index (χ3n) is 6.97. The molecule has 1 aliphatic heterocycles. The monoisotopic (exact) mass is 632 g/mol. The molecule has 1 heterocycles. The Morgan fingerprint density at radius 1 is 1.17 bits per heavy atom. The van der Waals surface area contributed by atoms with Crippen LogP contribution in [0.15, 0.2) is 48.0 Å². The Balaban J connectivity index is 0.00000462. The lowest BCUT2D eigenvalue weighted by atomic mass is 9.92. The van der Waals surface area contributed by atoms with Gasteiger partial charge in [0.1, 0.15) is 17.7 Å². The average Bonchev–Trinajstić information content (AvgIpc) is 3.58. The number of carbonyl (C=O) groups is 2. The Bertz CT molecular complexity index is 1460. The zero-order valence-electron chi connectivity index (χ0n) is 22.7. The molecule has 14 heteroatoms. The number of nitrogens with two attached hydrogens (primary N) is 1. The summed E-state index contributed by atoms with van der Waals surface area (Å²) in [6, 6.07) is 8.16. The van der Waals surface area contributed by atoms with Crippen LogP contribution in [0.2, 0.25) is 5.02 Å². The van der Waals surface area contributed by atoms with Crippen molar-refractivity contribution in [1.29, 1.82) is 0 Å². The number of nitrogens with zero attached hydrogens (tertiary/aromatic N) is 1. The smallest absolute Gasteiger partial charge is 0.247 e. The van der Waals surface area contributed by atoms with E-state index in [1.165, 1.54) is 18.0 Å². The lowest BCUT2D eigenvalue weighted by Crippen LogP contribution is -2.55. The minimum atomic E-state index is -3.91. The van der Waals surface area contributed by atoms with Crippen LogP contribution >= 0.6 is 24.0 Å². The first-order valence-electron chi connectivity index (χ1n) is 12.5. The highest BCUT2D eigenvalue weighted by atomic mass is 35.5. The molecule has 0 aromatic heterocycles. The van der Waals surface area contributed by atoms with Crippen LogP contribution in [0.1, 0.15) is 37.8 Å². The van der Waals surface area contributed by atoms with E-state index in [1.54, 1.807) is 38.1 Å². The molecule has 0 radical (unpaired) electrons. The average molecular weight is 634 g/mol. The van der Waals surface area contributed by atoms with Crippen molar-refractivity contribution in [3.8, 4) is 0 Å². The van der Waals surface area contributed by atoms with E-state index in [0.717, 1.165) is 12.1 Å². The lowest BCUT2D eigenvalue weighted by Gasteiger charge is -2.29. The van der Waals surface area contributed by atoms with Gasteiger partial charge in [0.05, 0.1) is 29.2 Å². The molecule has 4 rings (SSSR count). The summed E-state index contributed by atoms with van der Waals surface area (Å²) in [5.74, 6) is -2.64. The number of carbonyl (C=O) groups excluding carboxylic acids is 2. The third kappa shape index (κ3) is 7.43. The number of halogens is 4. The first kappa shape index (κ1) is 32.9. The molecule has 0 bridgehead atoms. The number of nitrogens with one attached hydrogen (secondary N) is 2. The summed E-state index contributed by atoms with van der Waals surface area (Å²) in [6.07, 6.45) is 0.929. The SMILES string of the molecule is CN(CC1=C(c2ccc(Cl)cc2)S(=O)(=O)NC1(C)C)C(=O)[C@@H](COCc1ccc(F)cc1F)NC(=O)C1(N)CC1.Cl. The van der Waals surface area contributed by atoms with Gasteiger partial charge in [-0.2, -0.15) is 0 Å². The Hall–Kier alpha value is -2.61. The molecule has 2 aliphatic rings. The second-order valence-corrected chi connectivity index (χ2v) is 12.7. The van der Waals surface area contributed by atoms with Crippen molar-refractivity contribution in [3.05, 3.63) is 75.8 Å². The Kier molecular flexibility index (Phi) is 9.89. The molecular formula is C27H32Cl2F2N4O5S. The predicted octanol–water partition coefficient (Wildman–Crippen LogP) is 3.11. The summed E-state index contributed by atoms with van der Waals surface area (Å²) in [4.78, 5) is 27.6. The fourth-order valence-electron chi connectivity index (χ4n) is 4.44. The molecule has 1 saturated carbocycles. The van der Waals surface area contributed by atoms with Gasteiger partial charge < -0.3 is 20.7 Å². The van der Waals surface area contributed by atoms with E-state index in [4.69, 9.17) is 22.1 Å². The molecule has 2 aromatic carbocycles. The van der Waals surface area contributed by atoms with Crippen LogP contribution in [0.25, 0.3) is 4.91 Å². The van der Waals surface area contributed by atoms with E-state index in [0.29, 0.717) is 29.0 Å². The van der Waals surface area contributed by atoms with Gasteiger partial charge in [-0.05, 0) is 56.0 Å². The van der Waals surface area contributed by atoms with Crippen LogP contribution in [0.5, 0.6) is 0 Å². The molecular weight excluding hydrogens is 601 g/mol. The maximum absolute atomic E-state index is 14.0. The molecule has 0 unspecified atom stereocenters. The van der Waals surface area contributed by atoms with Crippen molar-refractivity contribution in [1.82, 2.24) is 14.9 Å². The first-order chi connectivity index (χ1) is 18.6. The van der Waals surface area contributed by atoms with Gasteiger partial charge in [0.25, 0.3) is 0 Å². The Morgan fingerprint density at radius 3 is 2.39 bits per heavy atom. The number of hydrogen-bond donors (Lipinski definition) is 3. The van der Waals surface area contributed by atoms with Crippen LogP contribution in [0.4, 0.5) is 8.78 Å². The highest BCUT2D eigenvalue weighted by Crippen LogP contribution is 2.38. The van der Waals surface area contributed by atoms with Crippen LogP contribution < -0.4 is 15.8 Å². The van der Waals surface area contributed by atoms with Crippen LogP contribution in [-0.2, 0) is 31.0 Å². The fourth-order valence-corrected chi connectivity index (χ4v) is 6.55. The molecule has 1 fully saturated rings. The molecule has 0 spiro atoms. The third-order valence-corrected chi connectivity index (χ3v) is 9.02. The Labute approximate surface area is 248 Å². The van der Waals surface area contributed by atoms with Crippen molar-refractivity contribution >= 4 is 50.8 Å². The van der Waals surface area contributed by atoms with E-state index in [9.17, 15) is 26.8 Å². The maximum Gasteiger partial charge on any atom is 0.247 e. The summed E-state index contributed by atoms with van der Waals surface area (Å²) >= 11 is 5.99. The molecule has 2 amide bonds.